The number of primary amides is 1. The summed E-state index contributed by atoms with van der Waals surface area (Å²) in [7, 11) is -1.86. The first kappa shape index (κ1) is 17.6. The summed E-state index contributed by atoms with van der Waals surface area (Å²) >= 11 is 0. The van der Waals surface area contributed by atoms with Crippen LogP contribution in [0.25, 0.3) is 0 Å². The van der Waals surface area contributed by atoms with Crippen LogP contribution in [-0.4, -0.2) is 51.1 Å². The Morgan fingerprint density at radius 1 is 1.36 bits per heavy atom. The number of hydrogen-bond acceptors (Lipinski definition) is 5. The summed E-state index contributed by atoms with van der Waals surface area (Å²) < 4.78 is 30.5. The SMILES string of the molecule is CC(C)c1nc(S(=O)(=O)N2CCC(n3cc(C(N)=O)cn3)C2)cn1C. The highest BCUT2D eigenvalue weighted by molar-refractivity contribution is 7.89. The van der Waals surface area contributed by atoms with Gasteiger partial charge in [-0.05, 0) is 6.42 Å². The minimum Gasteiger partial charge on any atom is -0.366 e. The van der Waals surface area contributed by atoms with Gasteiger partial charge in [-0.15, -0.1) is 0 Å². The number of imidazole rings is 1. The molecule has 0 saturated carbocycles. The van der Waals surface area contributed by atoms with Crippen molar-refractivity contribution in [3.05, 3.63) is 30.0 Å². The zero-order valence-corrected chi connectivity index (χ0v) is 15.3. The van der Waals surface area contributed by atoms with Crippen molar-refractivity contribution in [3.63, 3.8) is 0 Å². The lowest BCUT2D eigenvalue weighted by molar-refractivity contribution is 0.1000. The summed E-state index contributed by atoms with van der Waals surface area (Å²) in [6, 6.07) is -0.129. The van der Waals surface area contributed by atoms with Crippen molar-refractivity contribution in [2.75, 3.05) is 13.1 Å². The minimum atomic E-state index is -3.66. The van der Waals surface area contributed by atoms with E-state index in [1.807, 2.05) is 13.8 Å². The number of aryl methyl sites for hydroxylation is 1. The van der Waals surface area contributed by atoms with E-state index in [0.29, 0.717) is 18.5 Å². The van der Waals surface area contributed by atoms with Crippen LogP contribution in [0.4, 0.5) is 0 Å². The lowest BCUT2D eigenvalue weighted by atomic mass is 10.2. The van der Waals surface area contributed by atoms with Gasteiger partial charge in [0.2, 0.25) is 0 Å². The summed E-state index contributed by atoms with van der Waals surface area (Å²) in [5.74, 6) is 0.312. The van der Waals surface area contributed by atoms with Crippen molar-refractivity contribution in [1.29, 1.82) is 0 Å². The van der Waals surface area contributed by atoms with Gasteiger partial charge in [0.05, 0.1) is 17.8 Å². The normalized spacial score (nSPS) is 19.0. The van der Waals surface area contributed by atoms with Crippen LogP contribution >= 0.6 is 0 Å². The van der Waals surface area contributed by atoms with Crippen molar-refractivity contribution < 1.29 is 13.2 Å². The second kappa shape index (κ2) is 6.26. The Balaban J connectivity index is 1.80. The molecular weight excluding hydrogens is 344 g/mol. The van der Waals surface area contributed by atoms with Crippen molar-refractivity contribution in [2.45, 2.75) is 37.3 Å². The molecular formula is C15H22N6O3S. The Morgan fingerprint density at radius 2 is 2.08 bits per heavy atom. The van der Waals surface area contributed by atoms with Crippen molar-refractivity contribution >= 4 is 15.9 Å². The molecule has 2 aromatic rings. The average molecular weight is 366 g/mol. The first-order valence-electron chi connectivity index (χ1n) is 8.07. The molecule has 136 valence electrons. The van der Waals surface area contributed by atoms with Gasteiger partial charge in [-0.2, -0.15) is 9.40 Å². The van der Waals surface area contributed by atoms with Crippen molar-refractivity contribution in [1.82, 2.24) is 23.6 Å². The van der Waals surface area contributed by atoms with E-state index >= 15 is 0 Å². The second-order valence-corrected chi connectivity index (χ2v) is 8.47. The molecule has 0 bridgehead atoms. The molecule has 9 nitrogen and oxygen atoms in total. The molecule has 0 spiro atoms. The molecule has 1 aliphatic rings. The van der Waals surface area contributed by atoms with Gasteiger partial charge in [0.1, 0.15) is 5.82 Å². The number of carbonyl (C=O) groups is 1. The lowest BCUT2D eigenvalue weighted by Crippen LogP contribution is -2.29. The fraction of sp³-hybridized carbons (Fsp3) is 0.533. The highest BCUT2D eigenvalue weighted by Crippen LogP contribution is 2.27. The van der Waals surface area contributed by atoms with E-state index in [0.717, 1.165) is 5.82 Å². The third-order valence-corrected chi connectivity index (χ3v) is 6.13. The Kier molecular flexibility index (Phi) is 4.41. The topological polar surface area (TPSA) is 116 Å². The van der Waals surface area contributed by atoms with Crippen LogP contribution in [0.1, 0.15) is 48.4 Å². The molecule has 0 aliphatic carbocycles. The molecule has 2 aromatic heterocycles. The number of sulfonamides is 1. The van der Waals surface area contributed by atoms with Gasteiger partial charge < -0.3 is 10.3 Å². The minimum absolute atomic E-state index is 0.0673. The molecule has 1 saturated heterocycles. The number of rotatable bonds is 5. The van der Waals surface area contributed by atoms with Gasteiger partial charge in [-0.3, -0.25) is 9.48 Å². The van der Waals surface area contributed by atoms with E-state index in [1.54, 1.807) is 28.7 Å². The van der Waals surface area contributed by atoms with Crippen LogP contribution in [0, 0.1) is 0 Å². The number of hydrogen-bond donors (Lipinski definition) is 1. The van der Waals surface area contributed by atoms with Crippen LogP contribution in [0.5, 0.6) is 0 Å². The first-order chi connectivity index (χ1) is 11.7. The van der Waals surface area contributed by atoms with Gasteiger partial charge in [0.25, 0.3) is 15.9 Å². The maximum Gasteiger partial charge on any atom is 0.262 e. The Labute approximate surface area is 146 Å². The molecule has 1 fully saturated rings. The number of nitrogens with zero attached hydrogens (tertiary/aromatic N) is 5. The Hall–Kier alpha value is -2.20. The predicted molar refractivity (Wildman–Crippen MR) is 90.5 cm³/mol. The molecule has 1 unspecified atom stereocenters. The van der Waals surface area contributed by atoms with Gasteiger partial charge in [-0.25, -0.2) is 13.4 Å². The molecule has 1 amide bonds. The zero-order valence-electron chi connectivity index (χ0n) is 14.5. The van der Waals surface area contributed by atoms with E-state index in [-0.39, 0.29) is 23.5 Å². The Morgan fingerprint density at radius 3 is 2.64 bits per heavy atom. The molecule has 1 aliphatic heterocycles. The summed E-state index contributed by atoms with van der Waals surface area (Å²) in [5.41, 5.74) is 5.54. The van der Waals surface area contributed by atoms with E-state index in [2.05, 4.69) is 10.1 Å². The standard InChI is InChI=1S/C15H22N6O3S/c1-10(2)15-18-13(9-19(15)3)25(23,24)20-5-4-12(8-20)21-7-11(6-17-21)14(16)22/h6-7,9-10,12H,4-5,8H2,1-3H3,(H2,16,22). The predicted octanol–water partition coefficient (Wildman–Crippen LogP) is 0.475. The average Bonchev–Trinajstić information content (AvgIpc) is 3.25. The van der Waals surface area contributed by atoms with E-state index in [1.165, 1.54) is 10.5 Å². The maximum absolute atomic E-state index is 12.9. The summed E-state index contributed by atoms with van der Waals surface area (Å²) in [6.07, 6.45) is 5.12. The van der Waals surface area contributed by atoms with Gasteiger partial charge in [0, 0.05) is 38.4 Å². The quantitative estimate of drug-likeness (QED) is 0.826. The highest BCUT2D eigenvalue weighted by Gasteiger charge is 2.35. The lowest BCUT2D eigenvalue weighted by Gasteiger charge is -2.15. The maximum atomic E-state index is 12.9. The number of aromatic nitrogens is 4. The molecule has 3 heterocycles. The van der Waals surface area contributed by atoms with Gasteiger partial charge in [0.15, 0.2) is 5.03 Å². The first-order valence-corrected chi connectivity index (χ1v) is 9.51. The smallest absolute Gasteiger partial charge is 0.262 e. The third-order valence-electron chi connectivity index (χ3n) is 4.40. The Bertz CT molecular complexity index is 898. The highest BCUT2D eigenvalue weighted by atomic mass is 32.2. The van der Waals surface area contributed by atoms with Crippen LogP contribution in [0.2, 0.25) is 0 Å². The molecule has 10 heteroatoms. The molecule has 1 atom stereocenters. The van der Waals surface area contributed by atoms with E-state index < -0.39 is 15.9 Å². The fourth-order valence-electron chi connectivity index (χ4n) is 3.06. The summed E-state index contributed by atoms with van der Waals surface area (Å²) in [4.78, 5) is 15.5. The van der Waals surface area contributed by atoms with Gasteiger partial charge in [-0.1, -0.05) is 13.8 Å². The number of carbonyl (C=O) groups excluding carboxylic acids is 1. The molecule has 2 N–H and O–H groups in total. The molecule has 0 aromatic carbocycles. The molecule has 25 heavy (non-hydrogen) atoms. The van der Waals surface area contributed by atoms with Crippen LogP contribution in [0.15, 0.2) is 23.6 Å². The van der Waals surface area contributed by atoms with Crippen LogP contribution in [-0.2, 0) is 17.1 Å². The van der Waals surface area contributed by atoms with Gasteiger partial charge >= 0.3 is 0 Å². The van der Waals surface area contributed by atoms with Crippen molar-refractivity contribution in [2.24, 2.45) is 12.8 Å². The third kappa shape index (κ3) is 3.19. The second-order valence-electron chi connectivity index (χ2n) is 6.58. The fourth-order valence-corrected chi connectivity index (χ4v) is 4.53. The number of nitrogens with two attached hydrogens (primary N) is 1. The van der Waals surface area contributed by atoms with Crippen LogP contribution < -0.4 is 5.73 Å². The monoisotopic (exact) mass is 366 g/mol. The number of amides is 1. The van der Waals surface area contributed by atoms with E-state index in [9.17, 15) is 13.2 Å². The summed E-state index contributed by atoms with van der Waals surface area (Å²) in [5, 5.41) is 4.19. The summed E-state index contributed by atoms with van der Waals surface area (Å²) in [6.45, 7) is 4.61. The van der Waals surface area contributed by atoms with Crippen LogP contribution in [0.3, 0.4) is 0 Å². The molecule has 0 radical (unpaired) electrons. The molecule has 3 rings (SSSR count). The van der Waals surface area contributed by atoms with Crippen molar-refractivity contribution in [3.8, 4) is 0 Å². The van der Waals surface area contributed by atoms with E-state index in [4.69, 9.17) is 5.73 Å². The largest absolute Gasteiger partial charge is 0.366 e. The zero-order chi connectivity index (χ0) is 18.4.